The summed E-state index contributed by atoms with van der Waals surface area (Å²) in [4.78, 5) is 8.41. The molecule has 0 aliphatic heterocycles. The van der Waals surface area contributed by atoms with E-state index >= 15 is 0 Å². The summed E-state index contributed by atoms with van der Waals surface area (Å²) < 4.78 is -2.36. The van der Waals surface area contributed by atoms with Gasteiger partial charge in [-0.1, -0.05) is 21.9 Å². The normalized spacial score (nSPS) is 9.00. The lowest BCUT2D eigenvalue weighted by Gasteiger charge is -1.96. The van der Waals surface area contributed by atoms with Crippen LogP contribution in [0, 0.1) is 22.5 Å². The van der Waals surface area contributed by atoms with E-state index in [1.807, 2.05) is 0 Å². The molecule has 0 aliphatic rings. The Morgan fingerprint density at radius 1 is 1.64 bits per heavy atom. The van der Waals surface area contributed by atoms with E-state index in [9.17, 15) is 10.1 Å². The number of alkyl halides is 4. The molecule has 0 spiro atoms. The first-order valence-corrected chi connectivity index (χ1v) is 4.32. The van der Waals surface area contributed by atoms with Crippen molar-refractivity contribution in [3.63, 3.8) is 0 Å². The average Bonchev–Trinajstić information content (AvgIpc) is 1.87. The van der Waals surface area contributed by atoms with Crippen molar-refractivity contribution in [1.82, 2.24) is 0 Å². The average molecular weight is 283 g/mol. The second-order valence-electron chi connectivity index (χ2n) is 1.06. The standard InChI is InChI=1S/C3H3Br.CCl3NO2/c1-2-3-4;2-1(3,4)5(6)7/h1H,3H2;. The number of hydrogen-bond donors (Lipinski definition) is 0. The predicted octanol–water partition coefficient (Wildman–Crippen LogP) is 2.61. The van der Waals surface area contributed by atoms with E-state index in [1.54, 1.807) is 0 Å². The lowest BCUT2D eigenvalue weighted by molar-refractivity contribution is -0.491. The maximum absolute atomic E-state index is 9.43. The Morgan fingerprint density at radius 3 is 1.82 bits per heavy atom. The molecular formula is C4H3BrCl3NO2. The maximum Gasteiger partial charge on any atom is 0.449 e. The molecule has 0 aromatic heterocycles. The summed E-state index contributed by atoms with van der Waals surface area (Å²) in [5.41, 5.74) is 0. The molecule has 7 heteroatoms. The van der Waals surface area contributed by atoms with Crippen LogP contribution in [-0.4, -0.2) is 14.2 Å². The van der Waals surface area contributed by atoms with Gasteiger partial charge < -0.3 is 0 Å². The van der Waals surface area contributed by atoms with Crippen LogP contribution in [0.3, 0.4) is 0 Å². The zero-order chi connectivity index (χ0) is 9.49. The van der Waals surface area contributed by atoms with E-state index < -0.39 is 8.84 Å². The molecule has 0 rings (SSSR count). The van der Waals surface area contributed by atoms with Gasteiger partial charge in [-0.2, -0.15) is 0 Å². The van der Waals surface area contributed by atoms with Gasteiger partial charge in [0.15, 0.2) is 0 Å². The number of halogens is 4. The minimum absolute atomic E-state index is 0.660. The van der Waals surface area contributed by atoms with E-state index in [4.69, 9.17) is 41.2 Å². The molecule has 0 atom stereocenters. The number of nitrogens with zero attached hydrogens (tertiary/aromatic N) is 1. The van der Waals surface area contributed by atoms with E-state index in [2.05, 4.69) is 21.9 Å². The van der Waals surface area contributed by atoms with E-state index in [0.717, 1.165) is 0 Å². The fourth-order valence-electron chi connectivity index (χ4n) is 0. The molecule has 0 bridgehead atoms. The molecule has 64 valence electrons. The van der Waals surface area contributed by atoms with Crippen LogP contribution in [0.5, 0.6) is 0 Å². The zero-order valence-corrected chi connectivity index (χ0v) is 8.91. The van der Waals surface area contributed by atoms with Crippen molar-refractivity contribution >= 4 is 50.7 Å². The third kappa shape index (κ3) is 13.3. The molecule has 11 heavy (non-hydrogen) atoms. The number of rotatable bonds is 0. The van der Waals surface area contributed by atoms with Crippen molar-refractivity contribution in [3.8, 4) is 12.3 Å². The molecule has 0 saturated carbocycles. The van der Waals surface area contributed by atoms with E-state index in [1.165, 1.54) is 0 Å². The van der Waals surface area contributed by atoms with E-state index in [-0.39, 0.29) is 0 Å². The minimum atomic E-state index is -2.36. The lowest BCUT2D eigenvalue weighted by atomic mass is 10.9. The largest absolute Gasteiger partial charge is 0.449 e. The Labute approximate surface area is 87.3 Å². The van der Waals surface area contributed by atoms with Gasteiger partial charge in [-0.3, -0.25) is 10.1 Å². The van der Waals surface area contributed by atoms with Gasteiger partial charge >= 0.3 is 3.92 Å². The van der Waals surface area contributed by atoms with E-state index in [0.29, 0.717) is 5.33 Å². The van der Waals surface area contributed by atoms with Gasteiger partial charge in [0.2, 0.25) is 0 Å². The zero-order valence-electron chi connectivity index (χ0n) is 5.06. The van der Waals surface area contributed by atoms with Crippen LogP contribution in [-0.2, 0) is 0 Å². The lowest BCUT2D eigenvalue weighted by Crippen LogP contribution is -2.15. The van der Waals surface area contributed by atoms with Gasteiger partial charge in [0, 0.05) is 0 Å². The highest BCUT2D eigenvalue weighted by atomic mass is 79.9. The van der Waals surface area contributed by atoms with Crippen molar-refractivity contribution in [3.05, 3.63) is 10.1 Å². The second-order valence-corrected chi connectivity index (χ2v) is 3.84. The monoisotopic (exact) mass is 281 g/mol. The van der Waals surface area contributed by atoms with Gasteiger partial charge in [-0.05, 0) is 34.8 Å². The van der Waals surface area contributed by atoms with Crippen LogP contribution in [0.25, 0.3) is 0 Å². The molecule has 0 amide bonds. The number of terminal acetylenes is 1. The van der Waals surface area contributed by atoms with Crippen LogP contribution in [0.1, 0.15) is 0 Å². The highest BCUT2D eigenvalue weighted by Gasteiger charge is 2.33. The highest BCUT2D eigenvalue weighted by Crippen LogP contribution is 2.25. The summed E-state index contributed by atoms with van der Waals surface area (Å²) in [7, 11) is 0. The van der Waals surface area contributed by atoms with Gasteiger partial charge in [-0.15, -0.1) is 6.42 Å². The summed E-state index contributed by atoms with van der Waals surface area (Å²) in [5.74, 6) is 2.35. The summed E-state index contributed by atoms with van der Waals surface area (Å²) in [6.45, 7) is 0. The number of hydrogen-bond acceptors (Lipinski definition) is 2. The van der Waals surface area contributed by atoms with Crippen LogP contribution < -0.4 is 0 Å². The Kier molecular flexibility index (Phi) is 8.81. The molecular weight excluding hydrogens is 280 g/mol. The first-order valence-electron chi connectivity index (χ1n) is 2.07. The summed E-state index contributed by atoms with van der Waals surface area (Å²) in [6, 6.07) is 0. The molecule has 0 aliphatic carbocycles. The summed E-state index contributed by atoms with van der Waals surface area (Å²) in [5, 5.41) is 10.1. The van der Waals surface area contributed by atoms with Crippen LogP contribution in [0.4, 0.5) is 0 Å². The Hall–Kier alpha value is 0.310. The van der Waals surface area contributed by atoms with Gasteiger partial charge in [0.05, 0.1) is 10.3 Å². The summed E-state index contributed by atoms with van der Waals surface area (Å²) >= 11 is 17.1. The molecule has 0 N–H and O–H groups in total. The van der Waals surface area contributed by atoms with Gasteiger partial charge in [-0.25, -0.2) is 0 Å². The van der Waals surface area contributed by atoms with Crippen LogP contribution in [0.2, 0.25) is 0 Å². The van der Waals surface area contributed by atoms with Gasteiger partial charge in [0.25, 0.3) is 0 Å². The van der Waals surface area contributed by atoms with Crippen molar-refractivity contribution in [2.45, 2.75) is 3.92 Å². The van der Waals surface area contributed by atoms with Crippen molar-refractivity contribution in [2.75, 3.05) is 5.33 Å². The smallest absolute Gasteiger partial charge is 0.260 e. The molecule has 0 radical (unpaired) electrons. The molecule has 0 fully saturated rings. The SMILES string of the molecule is C#CCBr.O=[N+]([O-])C(Cl)(Cl)Cl. The fourth-order valence-corrected chi connectivity index (χ4v) is 0. The van der Waals surface area contributed by atoms with Crippen LogP contribution in [0.15, 0.2) is 0 Å². The topological polar surface area (TPSA) is 43.1 Å². The second kappa shape index (κ2) is 6.99. The van der Waals surface area contributed by atoms with Gasteiger partial charge in [0.1, 0.15) is 0 Å². The highest BCUT2D eigenvalue weighted by molar-refractivity contribution is 9.09. The summed E-state index contributed by atoms with van der Waals surface area (Å²) in [6.07, 6.45) is 4.73. The van der Waals surface area contributed by atoms with Crippen molar-refractivity contribution < 1.29 is 4.92 Å². The molecule has 0 aromatic rings. The quantitative estimate of drug-likeness (QED) is 0.225. The van der Waals surface area contributed by atoms with Crippen LogP contribution >= 0.6 is 50.7 Å². The Bertz CT molecular complexity index is 162. The Balaban J connectivity index is 0. The minimum Gasteiger partial charge on any atom is -0.260 e. The third-order valence-electron chi connectivity index (χ3n) is 0.284. The Morgan fingerprint density at radius 2 is 1.82 bits per heavy atom. The number of nitro groups is 1. The maximum atomic E-state index is 9.43. The molecule has 0 unspecified atom stereocenters. The third-order valence-corrected chi connectivity index (χ3v) is 1.02. The molecule has 3 nitrogen and oxygen atoms in total. The first kappa shape index (κ1) is 13.9. The van der Waals surface area contributed by atoms with Crippen molar-refractivity contribution in [2.24, 2.45) is 0 Å². The fraction of sp³-hybridized carbons (Fsp3) is 0.500. The predicted molar refractivity (Wildman–Crippen MR) is 49.9 cm³/mol. The van der Waals surface area contributed by atoms with Crippen molar-refractivity contribution in [1.29, 1.82) is 0 Å². The molecule has 0 saturated heterocycles. The molecule has 0 aromatic carbocycles. The first-order chi connectivity index (χ1) is 4.86. The molecule has 0 heterocycles.